The molecule has 12 nitrogen and oxygen atoms in total. The molecule has 16 heteroatoms. The molecule has 2 atom stereocenters. The Labute approximate surface area is 355 Å². The number of ether oxygens (including phenoxy) is 2. The molecule has 0 radical (unpaired) electrons. The van der Waals surface area contributed by atoms with E-state index in [9.17, 15) is 18.8 Å². The molecule has 4 aromatic carbocycles. The maximum absolute atomic E-state index is 13.9. The summed E-state index contributed by atoms with van der Waals surface area (Å²) < 4.78 is 29.4. The van der Waals surface area contributed by atoms with E-state index < -0.39 is 47.3 Å². The minimum absolute atomic E-state index is 0.0232. The third kappa shape index (κ3) is 8.49. The van der Waals surface area contributed by atoms with Crippen LogP contribution in [0.15, 0.2) is 144 Å². The van der Waals surface area contributed by atoms with Crippen LogP contribution < -0.4 is 15.4 Å². The molecule has 2 N–H and O–H groups in total. The third-order valence-corrected chi connectivity index (χ3v) is 11.8. The van der Waals surface area contributed by atoms with Gasteiger partial charge in [-0.15, -0.1) is 11.8 Å². The van der Waals surface area contributed by atoms with Gasteiger partial charge in [-0.2, -0.15) is 9.36 Å². The van der Waals surface area contributed by atoms with Gasteiger partial charge in [0.05, 0.1) is 7.11 Å². The number of nitrogens with zero attached hydrogens (tertiary/aromatic N) is 4. The minimum Gasteiger partial charge on any atom is -0.497 e. The Morgan fingerprint density at radius 2 is 1.59 bits per heavy atom. The van der Waals surface area contributed by atoms with Gasteiger partial charge < -0.3 is 24.9 Å². The van der Waals surface area contributed by atoms with E-state index in [1.165, 1.54) is 16.7 Å². The van der Waals surface area contributed by atoms with Crippen molar-refractivity contribution in [2.75, 3.05) is 29.5 Å². The first-order valence-electron chi connectivity index (χ1n) is 17.9. The number of hydrogen-bond acceptors (Lipinski definition) is 12. The summed E-state index contributed by atoms with van der Waals surface area (Å²) in [5.41, 5.74) is 2.85. The molecule has 58 heavy (non-hydrogen) atoms. The lowest BCUT2D eigenvalue weighted by Crippen LogP contribution is -2.71. The number of methoxy groups -OCH3 is 1. The largest absolute Gasteiger partial charge is 0.497 e. The number of fused-ring (bicyclic) bond motifs is 1. The van der Waals surface area contributed by atoms with Gasteiger partial charge in [0.25, 0.3) is 18.7 Å². The van der Waals surface area contributed by atoms with Crippen molar-refractivity contribution in [2.24, 2.45) is 5.16 Å². The highest BCUT2D eigenvalue weighted by molar-refractivity contribution is 14.1. The molecule has 296 valence electrons. The first kappa shape index (κ1) is 40.6. The number of rotatable bonds is 16. The minimum atomic E-state index is -1.32. The number of anilines is 1. The van der Waals surface area contributed by atoms with Crippen LogP contribution in [0.4, 0.5) is 9.52 Å². The van der Waals surface area contributed by atoms with Gasteiger partial charge in [0.2, 0.25) is 16.7 Å². The van der Waals surface area contributed by atoms with Crippen molar-refractivity contribution in [2.45, 2.75) is 23.6 Å². The van der Waals surface area contributed by atoms with Crippen LogP contribution in [0.25, 0.3) is 0 Å². The molecule has 1 aromatic heterocycles. The second-order valence-electron chi connectivity index (χ2n) is 12.8. The third-order valence-electron chi connectivity index (χ3n) is 9.39. The van der Waals surface area contributed by atoms with Crippen molar-refractivity contribution >= 4 is 74.5 Å². The number of esters is 1. The molecular weight excluding hydrogens is 895 g/mol. The molecule has 2 aliphatic heterocycles. The molecule has 0 bridgehead atoms. The summed E-state index contributed by atoms with van der Waals surface area (Å²) in [6.07, 6.45) is 3.69. The van der Waals surface area contributed by atoms with Crippen LogP contribution in [-0.2, 0) is 36.1 Å². The zero-order valence-electron chi connectivity index (χ0n) is 30.9. The standard InChI is InChI=1S/C42H36FIN6O6S2/c1-54-32-21-19-27(20-22-32)24-55-40(53)35-28(12-11-23-44)25-57-39-34(38(52)50(35)39)45-37(51)33(48-56-26-43)36-46-41(58-49-36)47-42(29-13-5-2-6-14-29,30-15-7-3-8-16-30)31-17-9-4-10-18-31/h2-22,34,39H,23-26H2,1H3,(H,45,51)(H,46,47,49)/b12-11+,48-33-/t34-,39-/m1/s1. The van der Waals surface area contributed by atoms with Crippen LogP contribution in [0.1, 0.15) is 28.1 Å². The Hall–Kier alpha value is -5.59. The molecule has 2 aliphatic rings. The Kier molecular flexibility index (Phi) is 13.1. The van der Waals surface area contributed by atoms with Crippen LogP contribution in [0, 0.1) is 0 Å². The van der Waals surface area contributed by atoms with E-state index >= 15 is 0 Å². The molecule has 0 aliphatic carbocycles. The maximum Gasteiger partial charge on any atom is 0.355 e. The highest BCUT2D eigenvalue weighted by Gasteiger charge is 2.54. The molecule has 3 heterocycles. The molecule has 7 rings (SSSR count). The summed E-state index contributed by atoms with van der Waals surface area (Å²) in [6, 6.07) is 35.6. The number of benzene rings is 4. The van der Waals surface area contributed by atoms with Crippen molar-refractivity contribution in [3.8, 4) is 5.75 Å². The van der Waals surface area contributed by atoms with Crippen molar-refractivity contribution in [1.82, 2.24) is 19.6 Å². The van der Waals surface area contributed by atoms with Crippen LogP contribution in [0.5, 0.6) is 5.75 Å². The number of allylic oxidation sites excluding steroid dienone is 2. The molecule has 0 unspecified atom stereocenters. The Bertz CT molecular complexity index is 2230. The molecule has 1 saturated heterocycles. The number of amides is 2. The fourth-order valence-electron chi connectivity index (χ4n) is 6.68. The summed E-state index contributed by atoms with van der Waals surface area (Å²) in [5.74, 6) is -1.16. The number of carbonyl (C=O) groups is 3. The van der Waals surface area contributed by atoms with Gasteiger partial charge >= 0.3 is 5.97 Å². The van der Waals surface area contributed by atoms with Crippen molar-refractivity contribution in [1.29, 1.82) is 0 Å². The second-order valence-corrected chi connectivity index (χ2v) is 15.5. The van der Waals surface area contributed by atoms with E-state index in [2.05, 4.69) is 47.7 Å². The SMILES string of the molecule is COc1ccc(COC(=O)C2=C(/C=C/CI)CS[C@@H]3[C@H](NC(=O)/C(=N\OCF)c4nsc(NC(c5ccccc5)(c5ccccc5)c5ccccc5)n4)C(=O)N23)cc1. The van der Waals surface area contributed by atoms with Gasteiger partial charge in [-0.3, -0.25) is 14.5 Å². The topological polar surface area (TPSA) is 144 Å². The summed E-state index contributed by atoms with van der Waals surface area (Å²) in [6.45, 7) is -1.34. The van der Waals surface area contributed by atoms with E-state index in [4.69, 9.17) is 14.3 Å². The Morgan fingerprint density at radius 3 is 2.16 bits per heavy atom. The first-order chi connectivity index (χ1) is 28.4. The van der Waals surface area contributed by atoms with Crippen LogP contribution in [0.3, 0.4) is 0 Å². The molecule has 0 spiro atoms. The zero-order chi connectivity index (χ0) is 40.5. The average molecular weight is 931 g/mol. The van der Waals surface area contributed by atoms with Gasteiger partial charge in [0.15, 0.2) is 0 Å². The van der Waals surface area contributed by atoms with E-state index in [0.717, 1.165) is 33.8 Å². The fraction of sp³-hybridized carbons (Fsp3) is 0.190. The monoisotopic (exact) mass is 930 g/mol. The number of oxime groups is 1. The number of halogens is 2. The van der Waals surface area contributed by atoms with Crippen molar-refractivity contribution in [3.05, 3.63) is 167 Å². The number of hydrogen-bond donors (Lipinski definition) is 2. The number of thioether (sulfide) groups is 1. The normalized spacial score (nSPS) is 16.7. The van der Waals surface area contributed by atoms with Gasteiger partial charge in [0.1, 0.15) is 35.0 Å². The lowest BCUT2D eigenvalue weighted by molar-refractivity contribution is -0.153. The molecule has 2 amide bonds. The fourth-order valence-corrected chi connectivity index (χ4v) is 8.88. The highest BCUT2D eigenvalue weighted by Crippen LogP contribution is 2.42. The molecular formula is C42H36FIN6O6S2. The van der Waals surface area contributed by atoms with Crippen LogP contribution >= 0.6 is 45.9 Å². The van der Waals surface area contributed by atoms with E-state index in [1.54, 1.807) is 37.5 Å². The lowest BCUT2D eigenvalue weighted by Gasteiger charge is -2.49. The Balaban J connectivity index is 1.13. The first-order valence-corrected chi connectivity index (χ1v) is 21.3. The van der Waals surface area contributed by atoms with Crippen molar-refractivity contribution in [3.63, 3.8) is 0 Å². The number of nitrogens with one attached hydrogen (secondary N) is 2. The summed E-state index contributed by atoms with van der Waals surface area (Å²) >= 11 is 4.55. The number of alkyl halides is 2. The van der Waals surface area contributed by atoms with Gasteiger partial charge in [-0.05, 0) is 40.0 Å². The Morgan fingerprint density at radius 1 is 0.966 bits per heavy atom. The molecule has 5 aromatic rings. The van der Waals surface area contributed by atoms with Gasteiger partial charge in [-0.1, -0.05) is 143 Å². The number of carbonyl (C=O) groups excluding carboxylic acids is 3. The molecule has 0 saturated carbocycles. The molecule has 1 fully saturated rings. The van der Waals surface area contributed by atoms with Gasteiger partial charge in [-0.25, -0.2) is 9.18 Å². The number of β-lactam (4-membered cyclic amide) rings is 1. The predicted molar refractivity (Wildman–Crippen MR) is 229 cm³/mol. The number of aromatic nitrogens is 2. The second kappa shape index (κ2) is 18.8. The van der Waals surface area contributed by atoms with Crippen LogP contribution in [0.2, 0.25) is 0 Å². The van der Waals surface area contributed by atoms with Gasteiger partial charge in [0, 0.05) is 21.7 Å². The highest BCUT2D eigenvalue weighted by atomic mass is 127. The maximum atomic E-state index is 13.9. The summed E-state index contributed by atoms with van der Waals surface area (Å²) in [4.78, 5) is 52.0. The lowest BCUT2D eigenvalue weighted by atomic mass is 9.77. The average Bonchev–Trinajstić information content (AvgIpc) is 3.74. The smallest absolute Gasteiger partial charge is 0.355 e. The van der Waals surface area contributed by atoms with E-state index in [0.29, 0.717) is 26.6 Å². The van der Waals surface area contributed by atoms with E-state index in [-0.39, 0.29) is 18.1 Å². The summed E-state index contributed by atoms with van der Waals surface area (Å²) in [5, 5.41) is 9.74. The predicted octanol–water partition coefficient (Wildman–Crippen LogP) is 6.99. The van der Waals surface area contributed by atoms with Crippen molar-refractivity contribution < 1.29 is 33.1 Å². The zero-order valence-corrected chi connectivity index (χ0v) is 34.7. The van der Waals surface area contributed by atoms with Crippen LogP contribution in [-0.4, -0.2) is 73.3 Å². The van der Waals surface area contributed by atoms with E-state index in [1.807, 2.05) is 97.1 Å². The summed E-state index contributed by atoms with van der Waals surface area (Å²) in [7, 11) is 1.56. The quantitative estimate of drug-likeness (QED) is 0.0202.